The van der Waals surface area contributed by atoms with Crippen LogP contribution in [0, 0.1) is 0 Å². The third-order valence-electron chi connectivity index (χ3n) is 6.59. The predicted octanol–water partition coefficient (Wildman–Crippen LogP) is 6.64. The fourth-order valence-corrected chi connectivity index (χ4v) is 5.34. The summed E-state index contributed by atoms with van der Waals surface area (Å²) in [6, 6.07) is 20.9. The Balaban J connectivity index is 1.43. The van der Waals surface area contributed by atoms with Gasteiger partial charge >= 0.3 is 6.16 Å². The van der Waals surface area contributed by atoms with Gasteiger partial charge in [-0.05, 0) is 42.6 Å². The van der Waals surface area contributed by atoms with Gasteiger partial charge in [0.15, 0.2) is 0 Å². The average molecular weight is 396 g/mol. The van der Waals surface area contributed by atoms with Gasteiger partial charge in [-0.1, -0.05) is 60.7 Å². The van der Waals surface area contributed by atoms with Gasteiger partial charge in [0.1, 0.15) is 17.2 Å². The molecule has 2 atom stereocenters. The summed E-state index contributed by atoms with van der Waals surface area (Å²) in [5, 5.41) is 14.3. The summed E-state index contributed by atoms with van der Waals surface area (Å²) >= 11 is 0. The molecule has 4 aromatic carbocycles. The molecule has 2 unspecified atom stereocenters. The average Bonchev–Trinajstić information content (AvgIpc) is 3.39. The molecule has 6 rings (SSSR count). The van der Waals surface area contributed by atoms with Gasteiger partial charge < -0.3 is 14.6 Å². The van der Waals surface area contributed by atoms with E-state index in [-0.39, 0.29) is 0 Å². The van der Waals surface area contributed by atoms with Gasteiger partial charge in [0.25, 0.3) is 0 Å². The van der Waals surface area contributed by atoms with Crippen LogP contribution in [-0.4, -0.2) is 11.3 Å². The van der Waals surface area contributed by atoms with Crippen molar-refractivity contribution in [3.8, 4) is 17.2 Å². The van der Waals surface area contributed by atoms with E-state index >= 15 is 0 Å². The van der Waals surface area contributed by atoms with Crippen LogP contribution >= 0.6 is 0 Å². The second-order valence-corrected chi connectivity index (χ2v) is 8.19. The Morgan fingerprint density at radius 3 is 2.27 bits per heavy atom. The summed E-state index contributed by atoms with van der Waals surface area (Å²) in [5.74, 6) is 2.00. The molecule has 148 valence electrons. The second kappa shape index (κ2) is 6.49. The fraction of sp³-hybridized carbons (Fsp3) is 0.192. The molecule has 2 bridgehead atoms. The van der Waals surface area contributed by atoms with Gasteiger partial charge in [0, 0.05) is 27.3 Å². The summed E-state index contributed by atoms with van der Waals surface area (Å²) in [6.45, 7) is 0. The van der Waals surface area contributed by atoms with Gasteiger partial charge in [-0.25, -0.2) is 4.79 Å². The number of hydrogen-bond donors (Lipinski definition) is 1. The highest BCUT2D eigenvalue weighted by molar-refractivity contribution is 5.98. The third-order valence-corrected chi connectivity index (χ3v) is 6.59. The fourth-order valence-electron chi connectivity index (χ4n) is 5.34. The van der Waals surface area contributed by atoms with Crippen LogP contribution in [0.1, 0.15) is 42.2 Å². The maximum Gasteiger partial charge on any atom is 0.519 e. The topological polar surface area (TPSA) is 55.8 Å². The molecule has 30 heavy (non-hydrogen) atoms. The summed E-state index contributed by atoms with van der Waals surface area (Å²) in [4.78, 5) is 12.9. The molecule has 0 aromatic heterocycles. The number of carbonyl (C=O) groups is 1. The Bertz CT molecular complexity index is 1320. The van der Waals surface area contributed by atoms with Crippen molar-refractivity contribution >= 4 is 27.7 Å². The molecule has 2 aliphatic rings. The van der Waals surface area contributed by atoms with E-state index in [1.165, 1.54) is 0 Å². The monoisotopic (exact) mass is 396 g/mol. The first-order chi connectivity index (χ1) is 14.7. The van der Waals surface area contributed by atoms with Crippen molar-refractivity contribution in [2.24, 2.45) is 0 Å². The van der Waals surface area contributed by atoms with Gasteiger partial charge in [0.2, 0.25) is 0 Å². The van der Waals surface area contributed by atoms with E-state index in [1.807, 2.05) is 60.7 Å². The summed E-state index contributed by atoms with van der Waals surface area (Å²) in [7, 11) is 0. The molecule has 0 amide bonds. The molecule has 1 fully saturated rings. The van der Waals surface area contributed by atoms with Crippen LogP contribution in [0.25, 0.3) is 21.5 Å². The van der Waals surface area contributed by atoms with Crippen LogP contribution < -0.4 is 9.47 Å². The van der Waals surface area contributed by atoms with E-state index in [2.05, 4.69) is 0 Å². The molecule has 0 saturated heterocycles. The Morgan fingerprint density at radius 1 is 0.767 bits per heavy atom. The zero-order chi connectivity index (χ0) is 20.2. The normalized spacial score (nSPS) is 19.2. The van der Waals surface area contributed by atoms with Crippen LogP contribution in [0.5, 0.6) is 17.2 Å². The standard InChI is InChI=1S/C26H20O4/c27-24-19-9-3-4-10-20(19)25(23-17-13-12-16(14-17)22(23)24)30-26(28)29-21-11-5-7-15-6-1-2-8-18(15)21/h1-11,16-17,27H,12-14H2. The number of fused-ring (bicyclic) bond motifs is 7. The van der Waals surface area contributed by atoms with Crippen molar-refractivity contribution in [1.29, 1.82) is 0 Å². The molecule has 0 spiro atoms. The Morgan fingerprint density at radius 2 is 1.43 bits per heavy atom. The molecule has 1 N–H and O–H groups in total. The molecule has 0 radical (unpaired) electrons. The van der Waals surface area contributed by atoms with Crippen molar-refractivity contribution in [3.63, 3.8) is 0 Å². The number of aromatic hydroxyl groups is 1. The predicted molar refractivity (Wildman–Crippen MR) is 116 cm³/mol. The number of phenols is 1. The smallest absolute Gasteiger partial charge is 0.507 e. The minimum atomic E-state index is -0.757. The highest BCUT2D eigenvalue weighted by Crippen LogP contribution is 2.60. The quantitative estimate of drug-likeness (QED) is 0.305. The molecule has 0 aliphatic heterocycles. The Labute approximate surface area is 173 Å². The lowest BCUT2D eigenvalue weighted by molar-refractivity contribution is 0.152. The van der Waals surface area contributed by atoms with E-state index in [1.54, 1.807) is 6.07 Å². The van der Waals surface area contributed by atoms with Gasteiger partial charge in [-0.3, -0.25) is 0 Å². The lowest BCUT2D eigenvalue weighted by atomic mass is 9.87. The Kier molecular flexibility index (Phi) is 3.75. The molecular weight excluding hydrogens is 376 g/mol. The maximum atomic E-state index is 12.9. The molecule has 0 heterocycles. The van der Waals surface area contributed by atoms with E-state index < -0.39 is 6.16 Å². The summed E-state index contributed by atoms with van der Waals surface area (Å²) in [6.07, 6.45) is 2.38. The van der Waals surface area contributed by atoms with Gasteiger partial charge in [0.05, 0.1) is 0 Å². The number of ether oxygens (including phenoxy) is 2. The molecule has 4 aromatic rings. The van der Waals surface area contributed by atoms with Crippen LogP contribution in [0.3, 0.4) is 0 Å². The number of benzene rings is 4. The zero-order valence-corrected chi connectivity index (χ0v) is 16.3. The highest BCUT2D eigenvalue weighted by atomic mass is 16.7. The second-order valence-electron chi connectivity index (χ2n) is 8.19. The lowest BCUT2D eigenvalue weighted by Gasteiger charge is -2.22. The van der Waals surface area contributed by atoms with Crippen LogP contribution in [0.4, 0.5) is 4.79 Å². The van der Waals surface area contributed by atoms with Gasteiger partial charge in [-0.15, -0.1) is 0 Å². The first kappa shape index (κ1) is 17.3. The largest absolute Gasteiger partial charge is 0.519 e. The zero-order valence-electron chi connectivity index (χ0n) is 16.3. The van der Waals surface area contributed by atoms with Crippen molar-refractivity contribution < 1.29 is 19.4 Å². The van der Waals surface area contributed by atoms with E-state index in [4.69, 9.17) is 9.47 Å². The van der Waals surface area contributed by atoms with E-state index in [9.17, 15) is 9.90 Å². The van der Waals surface area contributed by atoms with E-state index in [0.29, 0.717) is 29.1 Å². The molecular formula is C26H20O4. The first-order valence-corrected chi connectivity index (χ1v) is 10.4. The van der Waals surface area contributed by atoms with Crippen molar-refractivity contribution in [2.75, 3.05) is 0 Å². The summed E-state index contributed by atoms with van der Waals surface area (Å²) < 4.78 is 11.5. The third kappa shape index (κ3) is 2.50. The number of rotatable bonds is 2. The van der Waals surface area contributed by atoms with Gasteiger partial charge in [-0.2, -0.15) is 0 Å². The maximum absolute atomic E-state index is 12.9. The van der Waals surface area contributed by atoms with Crippen LogP contribution in [0.15, 0.2) is 66.7 Å². The molecule has 1 saturated carbocycles. The lowest BCUT2D eigenvalue weighted by Crippen LogP contribution is -2.16. The SMILES string of the molecule is O=C(Oc1cccc2ccccc12)Oc1c2c(c(O)c3ccccc13)C1CCC2C1. The minimum absolute atomic E-state index is 0.320. The molecule has 4 heteroatoms. The molecule has 2 aliphatic carbocycles. The number of carbonyl (C=O) groups excluding carboxylic acids is 1. The number of phenolic OH excluding ortho intramolecular Hbond substituents is 1. The van der Waals surface area contributed by atoms with Crippen LogP contribution in [0.2, 0.25) is 0 Å². The molecule has 4 nitrogen and oxygen atoms in total. The first-order valence-electron chi connectivity index (χ1n) is 10.4. The van der Waals surface area contributed by atoms with Crippen molar-refractivity contribution in [1.82, 2.24) is 0 Å². The number of hydrogen-bond acceptors (Lipinski definition) is 4. The highest BCUT2D eigenvalue weighted by Gasteiger charge is 2.42. The minimum Gasteiger partial charge on any atom is -0.507 e. The van der Waals surface area contributed by atoms with Crippen molar-refractivity contribution in [3.05, 3.63) is 77.9 Å². The van der Waals surface area contributed by atoms with Crippen LogP contribution in [-0.2, 0) is 0 Å². The Hall–Kier alpha value is -3.53. The van der Waals surface area contributed by atoms with Crippen molar-refractivity contribution in [2.45, 2.75) is 31.1 Å². The summed E-state index contributed by atoms with van der Waals surface area (Å²) in [5.41, 5.74) is 1.94. The van der Waals surface area contributed by atoms with E-state index in [0.717, 1.165) is 51.9 Å².